The summed E-state index contributed by atoms with van der Waals surface area (Å²) in [6.45, 7) is 3.06. The van der Waals surface area contributed by atoms with Gasteiger partial charge < -0.3 is 10.2 Å². The number of sulfonamides is 1. The van der Waals surface area contributed by atoms with Crippen molar-refractivity contribution in [2.24, 2.45) is 0 Å². The number of aryl methyl sites for hydroxylation is 1. The van der Waals surface area contributed by atoms with E-state index in [0.29, 0.717) is 0 Å². The first kappa shape index (κ1) is 26.7. The highest BCUT2D eigenvalue weighted by Crippen LogP contribution is 2.23. The molecule has 0 bridgehead atoms. The van der Waals surface area contributed by atoms with E-state index in [1.165, 1.54) is 23.1 Å². The van der Waals surface area contributed by atoms with Crippen LogP contribution in [-0.4, -0.2) is 50.0 Å². The van der Waals surface area contributed by atoms with Crippen molar-refractivity contribution < 1.29 is 22.4 Å². The number of rotatable bonds is 9. The van der Waals surface area contributed by atoms with Crippen LogP contribution in [0.2, 0.25) is 0 Å². The fourth-order valence-corrected chi connectivity index (χ4v) is 5.22. The molecule has 1 aliphatic rings. The number of nitrogens with one attached hydrogen (secondary N) is 1. The van der Waals surface area contributed by atoms with Crippen molar-refractivity contribution in [3.05, 3.63) is 65.5 Å². The summed E-state index contributed by atoms with van der Waals surface area (Å²) in [5.74, 6) is -1.62. The number of carbonyl (C=O) groups excluding carboxylic acids is 2. The zero-order valence-electron chi connectivity index (χ0n) is 20.5. The molecule has 0 spiro atoms. The van der Waals surface area contributed by atoms with Gasteiger partial charge in [-0.25, -0.2) is 12.8 Å². The van der Waals surface area contributed by atoms with Gasteiger partial charge in [0.2, 0.25) is 21.8 Å². The number of nitrogens with zero attached hydrogens (tertiary/aromatic N) is 2. The average molecular weight is 504 g/mol. The summed E-state index contributed by atoms with van der Waals surface area (Å²) < 4.78 is 40.3. The zero-order chi connectivity index (χ0) is 25.6. The lowest BCUT2D eigenvalue weighted by molar-refractivity contribution is -0.139. The molecule has 9 heteroatoms. The number of hydrogen-bond donors (Lipinski definition) is 1. The predicted molar refractivity (Wildman–Crippen MR) is 135 cm³/mol. The number of anilines is 1. The first-order valence-corrected chi connectivity index (χ1v) is 13.8. The molecule has 35 heavy (non-hydrogen) atoms. The Morgan fingerprint density at radius 3 is 2.31 bits per heavy atom. The first-order chi connectivity index (χ1) is 16.6. The summed E-state index contributed by atoms with van der Waals surface area (Å²) in [7, 11) is -3.97. The maximum atomic E-state index is 14.5. The Labute approximate surface area is 207 Å². The van der Waals surface area contributed by atoms with Crippen LogP contribution in [0.1, 0.15) is 50.2 Å². The molecule has 0 aromatic heterocycles. The van der Waals surface area contributed by atoms with Crippen molar-refractivity contribution in [1.29, 1.82) is 0 Å². The van der Waals surface area contributed by atoms with Crippen molar-refractivity contribution in [3.63, 3.8) is 0 Å². The number of carbonyl (C=O) groups is 2. The molecule has 2 aromatic carbocycles. The minimum absolute atomic E-state index is 0.0695. The molecule has 1 saturated carbocycles. The minimum Gasteiger partial charge on any atom is -0.352 e. The van der Waals surface area contributed by atoms with E-state index >= 15 is 0 Å². The predicted octanol–water partition coefficient (Wildman–Crippen LogP) is 3.77. The molecule has 0 radical (unpaired) electrons. The topological polar surface area (TPSA) is 86.8 Å². The van der Waals surface area contributed by atoms with E-state index in [1.54, 1.807) is 6.92 Å². The quantitative estimate of drug-likeness (QED) is 0.565. The van der Waals surface area contributed by atoms with Crippen molar-refractivity contribution in [3.8, 4) is 0 Å². The molecule has 1 N–H and O–H groups in total. The lowest BCUT2D eigenvalue weighted by atomic mass is 9.95. The highest BCUT2D eigenvalue weighted by molar-refractivity contribution is 7.92. The molecule has 0 saturated heterocycles. The number of benzene rings is 2. The maximum absolute atomic E-state index is 14.5. The van der Waals surface area contributed by atoms with Crippen molar-refractivity contribution in [1.82, 2.24) is 10.2 Å². The van der Waals surface area contributed by atoms with E-state index in [4.69, 9.17) is 0 Å². The van der Waals surface area contributed by atoms with Crippen LogP contribution in [0.4, 0.5) is 10.1 Å². The van der Waals surface area contributed by atoms with Gasteiger partial charge in [0.05, 0.1) is 11.9 Å². The molecule has 2 aromatic rings. The Hall–Kier alpha value is -2.94. The van der Waals surface area contributed by atoms with E-state index in [0.717, 1.165) is 59.9 Å². The highest BCUT2D eigenvalue weighted by Gasteiger charge is 2.32. The Balaban J connectivity index is 1.89. The Morgan fingerprint density at radius 2 is 1.69 bits per heavy atom. The summed E-state index contributed by atoms with van der Waals surface area (Å²) in [4.78, 5) is 28.1. The van der Waals surface area contributed by atoms with E-state index in [9.17, 15) is 22.4 Å². The number of amides is 2. The van der Waals surface area contributed by atoms with Gasteiger partial charge in [0.1, 0.15) is 18.4 Å². The number of halogens is 1. The third-order valence-corrected chi connectivity index (χ3v) is 7.65. The summed E-state index contributed by atoms with van der Waals surface area (Å²) in [6.07, 6.45) is 5.99. The Kier molecular flexibility index (Phi) is 8.88. The van der Waals surface area contributed by atoms with Crippen molar-refractivity contribution in [2.45, 2.75) is 64.6 Å². The van der Waals surface area contributed by atoms with Crippen LogP contribution in [-0.2, 0) is 26.2 Å². The Bertz CT molecular complexity index is 1150. The van der Waals surface area contributed by atoms with Crippen LogP contribution in [0.25, 0.3) is 0 Å². The monoisotopic (exact) mass is 503 g/mol. The molecule has 7 nitrogen and oxygen atoms in total. The normalized spacial score (nSPS) is 15.3. The lowest BCUT2D eigenvalue weighted by Gasteiger charge is -2.33. The second-order valence-corrected chi connectivity index (χ2v) is 11.1. The summed E-state index contributed by atoms with van der Waals surface area (Å²) in [6, 6.07) is 12.1. The van der Waals surface area contributed by atoms with E-state index in [1.807, 2.05) is 31.2 Å². The fourth-order valence-electron chi connectivity index (χ4n) is 4.37. The highest BCUT2D eigenvalue weighted by atomic mass is 32.2. The first-order valence-electron chi connectivity index (χ1n) is 11.9. The molecule has 190 valence electrons. The second-order valence-electron chi connectivity index (χ2n) is 9.19. The van der Waals surface area contributed by atoms with Gasteiger partial charge in [0.25, 0.3) is 0 Å². The van der Waals surface area contributed by atoms with Gasteiger partial charge in [-0.15, -0.1) is 0 Å². The smallest absolute Gasteiger partial charge is 0.244 e. The zero-order valence-corrected chi connectivity index (χ0v) is 21.4. The van der Waals surface area contributed by atoms with Crippen LogP contribution >= 0.6 is 0 Å². The van der Waals surface area contributed by atoms with Gasteiger partial charge in [-0.3, -0.25) is 13.9 Å². The van der Waals surface area contributed by atoms with Gasteiger partial charge in [-0.05, 0) is 49.9 Å². The largest absolute Gasteiger partial charge is 0.352 e. The molecular weight excluding hydrogens is 469 g/mol. The molecular formula is C26H34FN3O4S. The molecule has 1 atom stereocenters. The third kappa shape index (κ3) is 7.04. The van der Waals surface area contributed by atoms with Crippen LogP contribution < -0.4 is 9.62 Å². The molecule has 1 aliphatic carbocycles. The fraction of sp³-hybridized carbons (Fsp3) is 0.462. The summed E-state index contributed by atoms with van der Waals surface area (Å²) in [5.41, 5.74) is 1.58. The van der Waals surface area contributed by atoms with Gasteiger partial charge in [-0.1, -0.05) is 55.7 Å². The van der Waals surface area contributed by atoms with Crippen LogP contribution in [0.15, 0.2) is 48.5 Å². The SMILES string of the molecule is Cc1ccccc1CN(C(=O)CN(c1ccccc1F)S(C)(=O)=O)[C@H](C)C(=O)NC1CCCCC1. The number of para-hydroxylation sites is 1. The average Bonchev–Trinajstić information content (AvgIpc) is 2.82. The maximum Gasteiger partial charge on any atom is 0.244 e. The molecule has 0 heterocycles. The van der Waals surface area contributed by atoms with Crippen molar-refractivity contribution >= 4 is 27.5 Å². The van der Waals surface area contributed by atoms with E-state index < -0.39 is 34.3 Å². The van der Waals surface area contributed by atoms with Crippen molar-refractivity contribution in [2.75, 3.05) is 17.1 Å². The van der Waals surface area contributed by atoms with Gasteiger partial charge in [-0.2, -0.15) is 0 Å². The Morgan fingerprint density at radius 1 is 1.06 bits per heavy atom. The van der Waals surface area contributed by atoms with E-state index in [-0.39, 0.29) is 24.2 Å². The van der Waals surface area contributed by atoms with Gasteiger partial charge in [0.15, 0.2) is 0 Å². The van der Waals surface area contributed by atoms with Crippen LogP contribution in [0.5, 0.6) is 0 Å². The van der Waals surface area contributed by atoms with E-state index in [2.05, 4.69) is 5.32 Å². The minimum atomic E-state index is -3.97. The van der Waals surface area contributed by atoms with Gasteiger partial charge >= 0.3 is 0 Å². The summed E-state index contributed by atoms with van der Waals surface area (Å²) in [5, 5.41) is 3.05. The number of hydrogen-bond acceptors (Lipinski definition) is 4. The van der Waals surface area contributed by atoms with Crippen LogP contribution in [0, 0.1) is 12.7 Å². The lowest BCUT2D eigenvalue weighted by Crippen LogP contribution is -2.53. The molecule has 2 amide bonds. The second kappa shape index (κ2) is 11.7. The summed E-state index contributed by atoms with van der Waals surface area (Å²) >= 11 is 0. The molecule has 1 fully saturated rings. The standard InChI is InChI=1S/C26H34FN3O4S/c1-19-11-7-8-12-21(19)17-29(20(2)26(32)28-22-13-5-4-6-14-22)25(31)18-30(35(3,33)34)24-16-10-9-15-23(24)27/h7-12,15-16,20,22H,4-6,13-14,17-18H2,1-3H3,(H,28,32)/t20-/m1/s1. The third-order valence-electron chi connectivity index (χ3n) is 6.52. The van der Waals surface area contributed by atoms with Crippen LogP contribution in [0.3, 0.4) is 0 Å². The van der Waals surface area contributed by atoms with Gasteiger partial charge in [0, 0.05) is 12.6 Å². The molecule has 0 unspecified atom stereocenters. The molecule has 3 rings (SSSR count). The molecule has 0 aliphatic heterocycles.